The molecule has 5 heteroatoms. The zero-order valence-corrected chi connectivity index (χ0v) is 16.2. The Kier molecular flexibility index (Phi) is 5.03. The largest absolute Gasteiger partial charge is 0.363 e. The van der Waals surface area contributed by atoms with Crippen LogP contribution in [-0.4, -0.2) is 12.1 Å². The summed E-state index contributed by atoms with van der Waals surface area (Å²) in [7, 11) is 0. The number of hydrogen-bond acceptors (Lipinski definition) is 3. The quantitative estimate of drug-likeness (QED) is 0.490. The highest BCUT2D eigenvalue weighted by Gasteiger charge is 2.18. The van der Waals surface area contributed by atoms with Crippen LogP contribution in [0.3, 0.4) is 0 Å². The molecule has 0 saturated carbocycles. The lowest BCUT2D eigenvalue weighted by molar-refractivity contribution is 0.0955. The van der Waals surface area contributed by atoms with Crippen LogP contribution < -0.4 is 10.3 Å². The van der Waals surface area contributed by atoms with Gasteiger partial charge in [-0.05, 0) is 53.1 Å². The van der Waals surface area contributed by atoms with Gasteiger partial charge in [0.2, 0.25) is 0 Å². The summed E-state index contributed by atoms with van der Waals surface area (Å²) in [4.78, 5) is 14.6. The number of fused-ring (bicyclic) bond motifs is 1. The minimum Gasteiger partial charge on any atom is -0.363 e. The first kappa shape index (κ1) is 17.5. The van der Waals surface area contributed by atoms with Gasteiger partial charge >= 0.3 is 0 Å². The minimum absolute atomic E-state index is 0.223. The van der Waals surface area contributed by atoms with E-state index in [1.807, 2.05) is 48.5 Å². The van der Waals surface area contributed by atoms with Crippen molar-refractivity contribution in [1.29, 1.82) is 0 Å². The third-order valence-corrected chi connectivity index (χ3v) is 5.11. The molecular formula is C22H18BrN3O. The van der Waals surface area contributed by atoms with Crippen LogP contribution in [-0.2, 0) is 13.1 Å². The number of hydrazone groups is 1. The molecule has 0 radical (unpaired) electrons. The van der Waals surface area contributed by atoms with Crippen molar-refractivity contribution in [2.45, 2.75) is 13.1 Å². The van der Waals surface area contributed by atoms with Gasteiger partial charge in [-0.25, -0.2) is 5.43 Å². The van der Waals surface area contributed by atoms with Crippen molar-refractivity contribution in [1.82, 2.24) is 5.43 Å². The molecule has 0 saturated heterocycles. The summed E-state index contributed by atoms with van der Waals surface area (Å²) in [5.74, 6) is -0.223. The Hall–Kier alpha value is -2.92. The number of anilines is 1. The maximum Gasteiger partial charge on any atom is 0.271 e. The zero-order chi connectivity index (χ0) is 18.6. The summed E-state index contributed by atoms with van der Waals surface area (Å²) in [5, 5.41) is 4.02. The Bertz CT molecular complexity index is 956. The first-order chi connectivity index (χ1) is 13.2. The average Bonchev–Trinajstić information content (AvgIpc) is 3.14. The molecule has 1 amide bonds. The van der Waals surface area contributed by atoms with Crippen LogP contribution in [0.4, 0.5) is 5.69 Å². The van der Waals surface area contributed by atoms with E-state index >= 15 is 0 Å². The van der Waals surface area contributed by atoms with Crippen molar-refractivity contribution in [3.63, 3.8) is 0 Å². The number of hydrogen-bond donors (Lipinski definition) is 1. The molecule has 1 heterocycles. The Labute approximate surface area is 166 Å². The lowest BCUT2D eigenvalue weighted by Gasteiger charge is -2.17. The van der Waals surface area contributed by atoms with E-state index in [9.17, 15) is 4.79 Å². The molecule has 0 bridgehead atoms. The number of benzene rings is 3. The minimum atomic E-state index is -0.223. The number of carbonyl (C=O) groups excluding carboxylic acids is 1. The summed E-state index contributed by atoms with van der Waals surface area (Å²) in [5.41, 5.74) is 7.91. The lowest BCUT2D eigenvalue weighted by atomic mass is 10.1. The number of halogens is 1. The number of carbonyl (C=O) groups is 1. The predicted octanol–water partition coefficient (Wildman–Crippen LogP) is 4.73. The van der Waals surface area contributed by atoms with Gasteiger partial charge in [0, 0.05) is 28.8 Å². The van der Waals surface area contributed by atoms with Gasteiger partial charge in [0.1, 0.15) is 0 Å². The number of nitrogens with one attached hydrogen (secondary N) is 1. The van der Waals surface area contributed by atoms with E-state index in [4.69, 9.17) is 0 Å². The Morgan fingerprint density at radius 3 is 2.19 bits per heavy atom. The second kappa shape index (κ2) is 7.76. The fraction of sp³-hybridized carbons (Fsp3) is 0.0909. The third kappa shape index (κ3) is 4.09. The molecule has 0 spiro atoms. The van der Waals surface area contributed by atoms with E-state index < -0.39 is 0 Å². The number of rotatable bonds is 4. The normalized spacial score (nSPS) is 13.0. The van der Waals surface area contributed by atoms with Crippen molar-refractivity contribution >= 4 is 33.7 Å². The summed E-state index contributed by atoms with van der Waals surface area (Å²) in [6.45, 7) is 1.80. The standard InChI is InChI=1S/C22H18BrN3O/c23-20-9-5-16(6-10-20)13-24-25-22(27)17-7-11-21(12-8-17)26-14-18-3-1-2-4-19(18)15-26/h1-13H,14-15H2,(H,25,27)/b24-13-. The second-order valence-electron chi connectivity index (χ2n) is 6.42. The zero-order valence-electron chi connectivity index (χ0n) is 14.6. The van der Waals surface area contributed by atoms with Crippen LogP contribution in [0, 0.1) is 0 Å². The Morgan fingerprint density at radius 1 is 0.926 bits per heavy atom. The van der Waals surface area contributed by atoms with Crippen molar-refractivity contribution in [3.8, 4) is 0 Å². The highest BCUT2D eigenvalue weighted by Crippen LogP contribution is 2.28. The molecule has 4 nitrogen and oxygen atoms in total. The molecular weight excluding hydrogens is 402 g/mol. The SMILES string of the molecule is O=C(N/N=C\c1ccc(Br)cc1)c1ccc(N2Cc3ccccc3C2)cc1. The van der Waals surface area contributed by atoms with Crippen LogP contribution in [0.25, 0.3) is 0 Å². The van der Waals surface area contributed by atoms with E-state index in [-0.39, 0.29) is 5.91 Å². The van der Waals surface area contributed by atoms with Crippen LogP contribution in [0.5, 0.6) is 0 Å². The monoisotopic (exact) mass is 419 g/mol. The summed E-state index contributed by atoms with van der Waals surface area (Å²) in [6, 6.07) is 23.8. The maximum absolute atomic E-state index is 12.3. The molecule has 0 fully saturated rings. The van der Waals surface area contributed by atoms with Gasteiger partial charge in [-0.15, -0.1) is 0 Å². The van der Waals surface area contributed by atoms with Crippen molar-refractivity contribution < 1.29 is 4.79 Å². The van der Waals surface area contributed by atoms with Crippen LogP contribution in [0.1, 0.15) is 27.0 Å². The fourth-order valence-electron chi connectivity index (χ4n) is 3.12. The average molecular weight is 420 g/mol. The lowest BCUT2D eigenvalue weighted by Crippen LogP contribution is -2.18. The molecule has 0 aliphatic carbocycles. The van der Waals surface area contributed by atoms with Gasteiger partial charge in [-0.3, -0.25) is 4.79 Å². The summed E-state index contributed by atoms with van der Waals surface area (Å²) >= 11 is 3.39. The number of nitrogens with zero attached hydrogens (tertiary/aromatic N) is 2. The van der Waals surface area contributed by atoms with Gasteiger partial charge in [-0.2, -0.15) is 5.10 Å². The molecule has 27 heavy (non-hydrogen) atoms. The summed E-state index contributed by atoms with van der Waals surface area (Å²) < 4.78 is 1.00. The maximum atomic E-state index is 12.3. The first-order valence-electron chi connectivity index (χ1n) is 8.70. The van der Waals surface area contributed by atoms with Crippen molar-refractivity contribution in [2.75, 3.05) is 4.90 Å². The highest BCUT2D eigenvalue weighted by molar-refractivity contribution is 9.10. The van der Waals surface area contributed by atoms with Crippen LogP contribution in [0.15, 0.2) is 82.4 Å². The first-order valence-corrected chi connectivity index (χ1v) is 9.49. The highest BCUT2D eigenvalue weighted by atomic mass is 79.9. The van der Waals surface area contributed by atoms with Gasteiger partial charge in [-0.1, -0.05) is 52.3 Å². The van der Waals surface area contributed by atoms with Crippen LogP contribution >= 0.6 is 15.9 Å². The molecule has 0 atom stereocenters. The van der Waals surface area contributed by atoms with Gasteiger partial charge in [0.25, 0.3) is 5.91 Å². The van der Waals surface area contributed by atoms with E-state index in [1.54, 1.807) is 6.21 Å². The summed E-state index contributed by atoms with van der Waals surface area (Å²) in [6.07, 6.45) is 1.63. The molecule has 134 valence electrons. The van der Waals surface area contributed by atoms with Crippen LogP contribution in [0.2, 0.25) is 0 Å². The van der Waals surface area contributed by atoms with E-state index in [0.717, 1.165) is 28.8 Å². The van der Waals surface area contributed by atoms with E-state index in [1.165, 1.54) is 11.1 Å². The molecule has 1 N–H and O–H groups in total. The number of amides is 1. The van der Waals surface area contributed by atoms with Gasteiger partial charge in [0.15, 0.2) is 0 Å². The molecule has 1 aliphatic heterocycles. The van der Waals surface area contributed by atoms with E-state index in [2.05, 4.69) is 55.6 Å². The molecule has 0 unspecified atom stereocenters. The Morgan fingerprint density at radius 2 is 1.56 bits per heavy atom. The topological polar surface area (TPSA) is 44.7 Å². The van der Waals surface area contributed by atoms with Gasteiger partial charge in [0.05, 0.1) is 6.21 Å². The Balaban J connectivity index is 1.37. The predicted molar refractivity (Wildman–Crippen MR) is 112 cm³/mol. The van der Waals surface area contributed by atoms with Crippen molar-refractivity contribution in [2.24, 2.45) is 5.10 Å². The van der Waals surface area contributed by atoms with E-state index in [0.29, 0.717) is 5.56 Å². The van der Waals surface area contributed by atoms with Crippen molar-refractivity contribution in [3.05, 3.63) is 99.5 Å². The molecule has 3 aromatic rings. The second-order valence-corrected chi connectivity index (χ2v) is 7.34. The molecule has 3 aromatic carbocycles. The molecule has 4 rings (SSSR count). The molecule has 0 aromatic heterocycles. The van der Waals surface area contributed by atoms with Gasteiger partial charge < -0.3 is 4.90 Å². The third-order valence-electron chi connectivity index (χ3n) is 4.59. The fourth-order valence-corrected chi connectivity index (χ4v) is 3.38. The molecule has 1 aliphatic rings. The smallest absolute Gasteiger partial charge is 0.271 e.